The van der Waals surface area contributed by atoms with Gasteiger partial charge in [-0.25, -0.2) is 0 Å². The third kappa shape index (κ3) is 2.79. The van der Waals surface area contributed by atoms with E-state index in [0.29, 0.717) is 5.19 Å². The number of rotatable bonds is 3. The van der Waals surface area contributed by atoms with Crippen molar-refractivity contribution in [3.05, 3.63) is 39.8 Å². The van der Waals surface area contributed by atoms with Gasteiger partial charge in [-0.05, 0) is 40.0 Å². The summed E-state index contributed by atoms with van der Waals surface area (Å²) in [6, 6.07) is 8.07. The molecule has 2 rings (SSSR count). The Morgan fingerprint density at radius 2 is 2.07 bits per heavy atom. The molecule has 0 saturated heterocycles. The lowest BCUT2D eigenvalue weighted by Gasteiger charge is -2.02. The zero-order valence-corrected chi connectivity index (χ0v) is 10.6. The minimum atomic E-state index is 0.658. The van der Waals surface area contributed by atoms with E-state index in [0.717, 1.165) is 16.8 Å². The van der Waals surface area contributed by atoms with Gasteiger partial charge in [0, 0.05) is 5.38 Å². The first kappa shape index (κ1) is 10.6. The number of aryl methyl sites for hydroxylation is 1. The fourth-order valence-electron chi connectivity index (χ4n) is 1.18. The Labute approximate surface area is 101 Å². The number of hydrogen-bond donors (Lipinski definition) is 0. The first-order chi connectivity index (χ1) is 7.28. The second kappa shape index (κ2) is 4.77. The third-order valence-electron chi connectivity index (χ3n) is 1.99. The van der Waals surface area contributed by atoms with E-state index < -0.39 is 0 Å². The smallest absolute Gasteiger partial charge is 0.279 e. The molecule has 0 spiro atoms. The Bertz CT molecular complexity index is 438. The molecule has 1 aromatic carbocycles. The minimum absolute atomic E-state index is 0.658. The summed E-state index contributed by atoms with van der Waals surface area (Å²) in [7, 11) is 0. The van der Waals surface area contributed by atoms with Crippen molar-refractivity contribution in [1.82, 2.24) is 4.98 Å². The average Bonchev–Trinajstić information content (AvgIpc) is 2.65. The van der Waals surface area contributed by atoms with Gasteiger partial charge in [0.05, 0.1) is 0 Å². The molecule has 15 heavy (non-hydrogen) atoms. The summed E-state index contributed by atoms with van der Waals surface area (Å²) in [5.41, 5.74) is 1.31. The Kier molecular flexibility index (Phi) is 3.38. The van der Waals surface area contributed by atoms with E-state index >= 15 is 0 Å². The summed E-state index contributed by atoms with van der Waals surface area (Å²) in [5.74, 6) is 0.828. The number of halogens is 1. The summed E-state index contributed by atoms with van der Waals surface area (Å²) in [6.07, 6.45) is 1.04. The number of nitrogens with zero attached hydrogens (tertiary/aromatic N) is 1. The Morgan fingerprint density at radius 3 is 2.60 bits per heavy atom. The van der Waals surface area contributed by atoms with Crippen LogP contribution >= 0.6 is 27.3 Å². The van der Waals surface area contributed by atoms with Crippen LogP contribution in [-0.4, -0.2) is 4.98 Å². The molecule has 0 amide bonds. The largest absolute Gasteiger partial charge is 0.431 e. The van der Waals surface area contributed by atoms with E-state index in [-0.39, 0.29) is 0 Å². The van der Waals surface area contributed by atoms with Crippen molar-refractivity contribution in [2.75, 3.05) is 0 Å². The Morgan fingerprint density at radius 1 is 1.33 bits per heavy atom. The van der Waals surface area contributed by atoms with E-state index in [1.54, 1.807) is 0 Å². The maximum absolute atomic E-state index is 5.58. The molecule has 0 atom stereocenters. The van der Waals surface area contributed by atoms with Gasteiger partial charge in [-0.3, -0.25) is 0 Å². The van der Waals surface area contributed by atoms with Crippen LogP contribution in [0.4, 0.5) is 0 Å². The van der Waals surface area contributed by atoms with Gasteiger partial charge in [0.2, 0.25) is 0 Å². The molecule has 1 heterocycles. The molecule has 0 N–H and O–H groups in total. The minimum Gasteiger partial charge on any atom is -0.431 e. The van der Waals surface area contributed by atoms with E-state index in [4.69, 9.17) is 4.74 Å². The number of hydrogen-bond acceptors (Lipinski definition) is 3. The van der Waals surface area contributed by atoms with Crippen molar-refractivity contribution in [2.24, 2.45) is 0 Å². The highest BCUT2D eigenvalue weighted by Gasteiger charge is 2.01. The Hall–Kier alpha value is -0.870. The first-order valence-corrected chi connectivity index (χ1v) is 6.33. The molecule has 0 aliphatic heterocycles. The second-order valence-corrected chi connectivity index (χ2v) is 4.67. The maximum atomic E-state index is 5.58. The van der Waals surface area contributed by atoms with Crippen LogP contribution in [0.1, 0.15) is 12.5 Å². The van der Waals surface area contributed by atoms with Crippen LogP contribution < -0.4 is 4.74 Å². The summed E-state index contributed by atoms with van der Waals surface area (Å²) >= 11 is 4.76. The molecule has 2 aromatic rings. The topological polar surface area (TPSA) is 22.1 Å². The van der Waals surface area contributed by atoms with Gasteiger partial charge in [0.25, 0.3) is 5.19 Å². The monoisotopic (exact) mass is 283 g/mol. The van der Waals surface area contributed by atoms with Gasteiger partial charge in [-0.2, -0.15) is 4.98 Å². The molecule has 4 heteroatoms. The van der Waals surface area contributed by atoms with Crippen molar-refractivity contribution in [1.29, 1.82) is 0 Å². The van der Waals surface area contributed by atoms with Gasteiger partial charge in [0.1, 0.15) is 10.4 Å². The standard InChI is InChI=1S/C11H10BrNOS/c1-2-8-3-5-9(6-4-8)14-11-13-10(12)7-15-11/h3-7H,2H2,1H3. The molecule has 2 nitrogen and oxygen atoms in total. The summed E-state index contributed by atoms with van der Waals surface area (Å²) in [6.45, 7) is 2.13. The molecular formula is C11H10BrNOS. The SMILES string of the molecule is CCc1ccc(Oc2nc(Br)cs2)cc1. The molecule has 1 aromatic heterocycles. The van der Waals surface area contributed by atoms with Crippen molar-refractivity contribution >= 4 is 27.3 Å². The third-order valence-corrected chi connectivity index (χ3v) is 3.42. The molecule has 0 fully saturated rings. The van der Waals surface area contributed by atoms with Crippen molar-refractivity contribution in [3.63, 3.8) is 0 Å². The fourth-order valence-corrected chi connectivity index (χ4v) is 2.28. The predicted molar refractivity (Wildman–Crippen MR) is 65.7 cm³/mol. The van der Waals surface area contributed by atoms with Gasteiger partial charge in [-0.15, -0.1) is 0 Å². The number of benzene rings is 1. The quantitative estimate of drug-likeness (QED) is 0.840. The Balaban J connectivity index is 2.11. The van der Waals surface area contributed by atoms with Gasteiger partial charge < -0.3 is 4.74 Å². The van der Waals surface area contributed by atoms with Crippen LogP contribution in [0.3, 0.4) is 0 Å². The lowest BCUT2D eigenvalue weighted by atomic mass is 10.2. The van der Waals surface area contributed by atoms with Crippen LogP contribution in [0.2, 0.25) is 0 Å². The van der Waals surface area contributed by atoms with Crippen LogP contribution in [0.25, 0.3) is 0 Å². The fraction of sp³-hybridized carbons (Fsp3) is 0.182. The van der Waals surface area contributed by atoms with Crippen LogP contribution in [-0.2, 0) is 6.42 Å². The lowest BCUT2D eigenvalue weighted by molar-refractivity contribution is 0.478. The summed E-state index contributed by atoms with van der Waals surface area (Å²) in [4.78, 5) is 4.16. The van der Waals surface area contributed by atoms with E-state index in [9.17, 15) is 0 Å². The summed E-state index contributed by atoms with van der Waals surface area (Å²) < 4.78 is 6.39. The average molecular weight is 284 g/mol. The van der Waals surface area contributed by atoms with Gasteiger partial charge in [-0.1, -0.05) is 30.4 Å². The molecule has 78 valence electrons. The lowest BCUT2D eigenvalue weighted by Crippen LogP contribution is -1.84. The number of aromatic nitrogens is 1. The first-order valence-electron chi connectivity index (χ1n) is 4.65. The van der Waals surface area contributed by atoms with E-state index in [2.05, 4.69) is 40.0 Å². The van der Waals surface area contributed by atoms with Crippen LogP contribution in [0.15, 0.2) is 34.2 Å². The molecule has 0 aliphatic rings. The van der Waals surface area contributed by atoms with E-state index in [1.165, 1.54) is 16.9 Å². The van der Waals surface area contributed by atoms with Crippen LogP contribution in [0.5, 0.6) is 10.9 Å². The van der Waals surface area contributed by atoms with Crippen molar-refractivity contribution in [2.45, 2.75) is 13.3 Å². The zero-order valence-electron chi connectivity index (χ0n) is 8.24. The predicted octanol–water partition coefficient (Wildman–Crippen LogP) is 4.26. The summed E-state index contributed by atoms with van der Waals surface area (Å²) in [5, 5.41) is 2.56. The zero-order chi connectivity index (χ0) is 10.7. The second-order valence-electron chi connectivity index (χ2n) is 3.04. The van der Waals surface area contributed by atoms with E-state index in [1.807, 2.05) is 17.5 Å². The molecule has 0 radical (unpaired) electrons. The normalized spacial score (nSPS) is 10.3. The van der Waals surface area contributed by atoms with Gasteiger partial charge >= 0.3 is 0 Å². The van der Waals surface area contributed by atoms with Crippen molar-refractivity contribution < 1.29 is 4.74 Å². The molecule has 0 bridgehead atoms. The highest BCUT2D eigenvalue weighted by atomic mass is 79.9. The molecule has 0 aliphatic carbocycles. The highest BCUT2D eigenvalue weighted by Crippen LogP contribution is 2.27. The molecule has 0 unspecified atom stereocenters. The van der Waals surface area contributed by atoms with Gasteiger partial charge in [0.15, 0.2) is 0 Å². The van der Waals surface area contributed by atoms with Crippen LogP contribution in [0, 0.1) is 0 Å². The highest BCUT2D eigenvalue weighted by molar-refractivity contribution is 9.10. The maximum Gasteiger partial charge on any atom is 0.279 e. The molecular weight excluding hydrogens is 274 g/mol. The molecule has 0 saturated carbocycles. The number of thiazole rings is 1. The van der Waals surface area contributed by atoms with Crippen molar-refractivity contribution in [3.8, 4) is 10.9 Å². The number of ether oxygens (including phenoxy) is 1.